The number of aromatic nitrogens is 2. The summed E-state index contributed by atoms with van der Waals surface area (Å²) in [6, 6.07) is 6.25. The molecule has 0 radical (unpaired) electrons. The molecule has 1 amide bonds. The van der Waals surface area contributed by atoms with Crippen LogP contribution in [0.3, 0.4) is 0 Å². The Morgan fingerprint density at radius 2 is 2.00 bits per heavy atom. The summed E-state index contributed by atoms with van der Waals surface area (Å²) < 4.78 is 18.0. The largest absolute Gasteiger partial charge is 0.385 e. The first-order valence-corrected chi connectivity index (χ1v) is 9.27. The number of nitrogens with zero attached hydrogens (tertiary/aromatic N) is 3. The lowest BCUT2D eigenvalue weighted by molar-refractivity contribution is -0.125. The molecule has 2 heterocycles. The molecule has 1 aromatic carbocycles. The van der Waals surface area contributed by atoms with Crippen LogP contribution in [-0.4, -0.2) is 49.2 Å². The molecule has 6 nitrogen and oxygen atoms in total. The van der Waals surface area contributed by atoms with Crippen molar-refractivity contribution in [2.75, 3.05) is 38.3 Å². The molecule has 1 aromatic heterocycles. The summed E-state index contributed by atoms with van der Waals surface area (Å²) in [5.41, 5.74) is 1.71. The first-order valence-electron chi connectivity index (χ1n) is 9.27. The molecule has 1 saturated heterocycles. The van der Waals surface area contributed by atoms with E-state index in [2.05, 4.69) is 20.2 Å². The highest BCUT2D eigenvalue weighted by atomic mass is 19.1. The number of amides is 1. The molecule has 1 aliphatic heterocycles. The summed E-state index contributed by atoms with van der Waals surface area (Å²) >= 11 is 0. The lowest BCUT2D eigenvalue weighted by Crippen LogP contribution is -2.44. The van der Waals surface area contributed by atoms with E-state index in [9.17, 15) is 9.18 Å². The lowest BCUT2D eigenvalue weighted by atomic mass is 9.97. The number of hydrogen-bond acceptors (Lipinski definition) is 5. The number of benzene rings is 1. The normalized spacial score (nSPS) is 17.0. The van der Waals surface area contributed by atoms with E-state index in [0.29, 0.717) is 25.6 Å². The molecular formula is C20H25FN4O2. The summed E-state index contributed by atoms with van der Waals surface area (Å²) in [5.74, 6) is 0.384. The predicted octanol–water partition coefficient (Wildman–Crippen LogP) is 2.65. The summed E-state index contributed by atoms with van der Waals surface area (Å²) in [6.07, 6.45) is 6.10. The molecule has 0 saturated carbocycles. The van der Waals surface area contributed by atoms with E-state index < -0.39 is 0 Å². The molecule has 0 aliphatic carbocycles. The molecule has 1 fully saturated rings. The molecule has 27 heavy (non-hydrogen) atoms. The van der Waals surface area contributed by atoms with Crippen LogP contribution in [0, 0.1) is 11.7 Å². The van der Waals surface area contributed by atoms with E-state index in [1.165, 1.54) is 12.1 Å². The van der Waals surface area contributed by atoms with E-state index in [0.717, 1.165) is 36.9 Å². The summed E-state index contributed by atoms with van der Waals surface area (Å²) in [6.45, 7) is 2.73. The first-order chi connectivity index (χ1) is 13.2. The number of halogens is 1. The Hall–Kier alpha value is -2.54. The zero-order chi connectivity index (χ0) is 19.1. The highest BCUT2D eigenvalue weighted by molar-refractivity contribution is 5.79. The van der Waals surface area contributed by atoms with Crippen molar-refractivity contribution in [1.29, 1.82) is 0 Å². The Balaban J connectivity index is 1.59. The van der Waals surface area contributed by atoms with Crippen LogP contribution in [-0.2, 0) is 9.53 Å². The zero-order valence-electron chi connectivity index (χ0n) is 15.5. The molecule has 0 spiro atoms. The van der Waals surface area contributed by atoms with Gasteiger partial charge in [0.25, 0.3) is 0 Å². The smallest absolute Gasteiger partial charge is 0.225 e. The summed E-state index contributed by atoms with van der Waals surface area (Å²) in [5, 5.41) is 2.98. The Morgan fingerprint density at radius 1 is 1.26 bits per heavy atom. The molecule has 1 N–H and O–H groups in total. The van der Waals surface area contributed by atoms with Gasteiger partial charge in [-0.25, -0.2) is 14.4 Å². The van der Waals surface area contributed by atoms with Gasteiger partial charge in [0.05, 0.1) is 5.92 Å². The predicted molar refractivity (Wildman–Crippen MR) is 102 cm³/mol. The standard InChI is InChI=1S/C20H25FN4O2/c1-27-11-3-9-22-19(26)16-4-2-10-25(14-16)20-23-12-17(13-24-20)15-5-7-18(21)8-6-15/h5-8,12-13,16H,2-4,9-11,14H2,1H3,(H,22,26)/t16-/m0/s1. The van der Waals surface area contributed by atoms with Crippen LogP contribution in [0.15, 0.2) is 36.7 Å². The van der Waals surface area contributed by atoms with Gasteiger partial charge in [-0.2, -0.15) is 0 Å². The van der Waals surface area contributed by atoms with Gasteiger partial charge in [-0.3, -0.25) is 4.79 Å². The van der Waals surface area contributed by atoms with Crippen molar-refractivity contribution in [3.63, 3.8) is 0 Å². The third-order valence-electron chi connectivity index (χ3n) is 4.72. The minimum Gasteiger partial charge on any atom is -0.385 e. The molecule has 2 aromatic rings. The van der Waals surface area contributed by atoms with Crippen LogP contribution in [0.2, 0.25) is 0 Å². The highest BCUT2D eigenvalue weighted by Crippen LogP contribution is 2.23. The molecule has 0 bridgehead atoms. The van der Waals surface area contributed by atoms with Gasteiger partial charge in [0, 0.05) is 51.3 Å². The van der Waals surface area contributed by atoms with Crippen LogP contribution in [0.1, 0.15) is 19.3 Å². The highest BCUT2D eigenvalue weighted by Gasteiger charge is 2.26. The maximum absolute atomic E-state index is 13.1. The minimum atomic E-state index is -0.267. The van der Waals surface area contributed by atoms with Gasteiger partial charge in [-0.1, -0.05) is 12.1 Å². The summed E-state index contributed by atoms with van der Waals surface area (Å²) in [7, 11) is 1.65. The quantitative estimate of drug-likeness (QED) is 0.757. The van der Waals surface area contributed by atoms with Gasteiger partial charge in [0.2, 0.25) is 11.9 Å². The van der Waals surface area contributed by atoms with Gasteiger partial charge in [0.1, 0.15) is 5.82 Å². The maximum Gasteiger partial charge on any atom is 0.225 e. The minimum absolute atomic E-state index is 0.0540. The van der Waals surface area contributed by atoms with E-state index >= 15 is 0 Å². The van der Waals surface area contributed by atoms with Crippen molar-refractivity contribution in [2.45, 2.75) is 19.3 Å². The number of piperidine rings is 1. The average molecular weight is 372 g/mol. The van der Waals surface area contributed by atoms with Gasteiger partial charge >= 0.3 is 0 Å². The SMILES string of the molecule is COCCCNC(=O)[C@H]1CCCN(c2ncc(-c3ccc(F)cc3)cn2)C1. The monoisotopic (exact) mass is 372 g/mol. The van der Waals surface area contributed by atoms with Crippen molar-refractivity contribution in [3.05, 3.63) is 42.5 Å². The number of carbonyl (C=O) groups excluding carboxylic acids is 1. The third-order valence-corrected chi connectivity index (χ3v) is 4.72. The number of carbonyl (C=O) groups is 1. The molecule has 7 heteroatoms. The molecule has 1 aliphatic rings. The molecular weight excluding hydrogens is 347 g/mol. The van der Waals surface area contributed by atoms with Crippen LogP contribution in [0.25, 0.3) is 11.1 Å². The van der Waals surface area contributed by atoms with E-state index in [1.807, 2.05) is 0 Å². The average Bonchev–Trinajstić information content (AvgIpc) is 2.72. The number of methoxy groups -OCH3 is 1. The number of anilines is 1. The molecule has 0 unspecified atom stereocenters. The van der Waals surface area contributed by atoms with Crippen molar-refractivity contribution in [2.24, 2.45) is 5.92 Å². The number of ether oxygens (including phenoxy) is 1. The maximum atomic E-state index is 13.1. The fourth-order valence-electron chi connectivity index (χ4n) is 3.22. The molecule has 3 rings (SSSR count). The number of hydrogen-bond donors (Lipinski definition) is 1. The Morgan fingerprint density at radius 3 is 2.70 bits per heavy atom. The number of rotatable bonds is 7. The fraction of sp³-hybridized carbons (Fsp3) is 0.450. The van der Waals surface area contributed by atoms with Gasteiger partial charge in [0.15, 0.2) is 0 Å². The van der Waals surface area contributed by atoms with Crippen LogP contribution in [0.4, 0.5) is 10.3 Å². The van der Waals surface area contributed by atoms with E-state index in [1.54, 1.807) is 31.6 Å². The van der Waals surface area contributed by atoms with Gasteiger partial charge in [-0.05, 0) is 37.0 Å². The van der Waals surface area contributed by atoms with E-state index in [4.69, 9.17) is 4.74 Å². The third kappa shape index (κ3) is 5.23. The number of nitrogens with one attached hydrogen (secondary N) is 1. The Kier molecular flexibility index (Phi) is 6.70. The first kappa shape index (κ1) is 19.2. The van der Waals surface area contributed by atoms with Crippen molar-refractivity contribution >= 4 is 11.9 Å². The Labute approximate surface area is 158 Å². The second-order valence-corrected chi connectivity index (χ2v) is 6.70. The van der Waals surface area contributed by atoms with Crippen molar-refractivity contribution in [3.8, 4) is 11.1 Å². The van der Waals surface area contributed by atoms with Crippen LogP contribution < -0.4 is 10.2 Å². The van der Waals surface area contributed by atoms with Gasteiger partial charge in [-0.15, -0.1) is 0 Å². The van der Waals surface area contributed by atoms with Crippen molar-refractivity contribution in [1.82, 2.24) is 15.3 Å². The van der Waals surface area contributed by atoms with Crippen molar-refractivity contribution < 1.29 is 13.9 Å². The van der Waals surface area contributed by atoms with Crippen LogP contribution in [0.5, 0.6) is 0 Å². The molecule has 144 valence electrons. The lowest BCUT2D eigenvalue weighted by Gasteiger charge is -2.32. The Bertz CT molecular complexity index is 737. The van der Waals surface area contributed by atoms with E-state index in [-0.39, 0.29) is 17.6 Å². The van der Waals surface area contributed by atoms with Crippen LogP contribution >= 0.6 is 0 Å². The van der Waals surface area contributed by atoms with Gasteiger partial charge < -0.3 is 15.0 Å². The zero-order valence-corrected chi connectivity index (χ0v) is 15.5. The second-order valence-electron chi connectivity index (χ2n) is 6.70. The fourth-order valence-corrected chi connectivity index (χ4v) is 3.22. The molecule has 1 atom stereocenters. The summed E-state index contributed by atoms with van der Waals surface area (Å²) in [4.78, 5) is 23.3. The topological polar surface area (TPSA) is 67.3 Å². The second kappa shape index (κ2) is 9.41.